The number of carbonyl (C=O) groups is 1. The van der Waals surface area contributed by atoms with Crippen LogP contribution in [0.3, 0.4) is 0 Å². The van der Waals surface area contributed by atoms with Gasteiger partial charge in [-0.05, 0) is 25.0 Å². The van der Waals surface area contributed by atoms with Crippen LogP contribution in [0.2, 0.25) is 0 Å². The lowest BCUT2D eigenvalue weighted by Gasteiger charge is -2.31. The van der Waals surface area contributed by atoms with E-state index in [1.54, 1.807) is 19.2 Å². The zero-order chi connectivity index (χ0) is 14.4. The van der Waals surface area contributed by atoms with Crippen LogP contribution in [0.5, 0.6) is 0 Å². The number of benzene rings is 1. The predicted molar refractivity (Wildman–Crippen MR) is 78.4 cm³/mol. The SMILES string of the molecule is COC1CCN(C(=O)CCSc2ccccc2F)CC1. The van der Waals surface area contributed by atoms with Crippen LogP contribution in [0.15, 0.2) is 29.2 Å². The summed E-state index contributed by atoms with van der Waals surface area (Å²) in [4.78, 5) is 14.5. The van der Waals surface area contributed by atoms with Crippen molar-refractivity contribution in [2.24, 2.45) is 0 Å². The molecular weight excluding hydrogens is 277 g/mol. The molecule has 0 radical (unpaired) electrons. The Labute approximate surface area is 123 Å². The minimum Gasteiger partial charge on any atom is -0.381 e. The Balaban J connectivity index is 1.72. The number of hydrogen-bond donors (Lipinski definition) is 0. The highest BCUT2D eigenvalue weighted by Gasteiger charge is 2.22. The number of likely N-dealkylation sites (tertiary alicyclic amines) is 1. The number of nitrogens with zero attached hydrogens (tertiary/aromatic N) is 1. The Morgan fingerprint density at radius 2 is 2.10 bits per heavy atom. The molecule has 0 aliphatic carbocycles. The Bertz CT molecular complexity index is 447. The van der Waals surface area contributed by atoms with E-state index in [1.165, 1.54) is 17.8 Å². The molecule has 1 aliphatic heterocycles. The fourth-order valence-corrected chi connectivity index (χ4v) is 3.19. The van der Waals surface area contributed by atoms with Gasteiger partial charge in [-0.25, -0.2) is 4.39 Å². The number of hydrogen-bond acceptors (Lipinski definition) is 3. The molecule has 0 saturated carbocycles. The average Bonchev–Trinajstić information content (AvgIpc) is 2.49. The molecule has 2 rings (SSSR count). The van der Waals surface area contributed by atoms with E-state index in [9.17, 15) is 9.18 Å². The number of ether oxygens (including phenoxy) is 1. The molecular formula is C15H20FNO2S. The number of halogens is 1. The van der Waals surface area contributed by atoms with Crippen molar-refractivity contribution in [2.45, 2.75) is 30.3 Å². The van der Waals surface area contributed by atoms with Crippen molar-refractivity contribution in [1.29, 1.82) is 0 Å². The summed E-state index contributed by atoms with van der Waals surface area (Å²) in [7, 11) is 1.72. The summed E-state index contributed by atoms with van der Waals surface area (Å²) >= 11 is 1.40. The summed E-state index contributed by atoms with van der Waals surface area (Å²) in [5.41, 5.74) is 0. The fourth-order valence-electron chi connectivity index (χ4n) is 2.31. The minimum atomic E-state index is -0.217. The largest absolute Gasteiger partial charge is 0.381 e. The lowest BCUT2D eigenvalue weighted by Crippen LogP contribution is -2.40. The highest BCUT2D eigenvalue weighted by atomic mass is 32.2. The summed E-state index contributed by atoms with van der Waals surface area (Å²) in [6.45, 7) is 1.53. The van der Waals surface area contributed by atoms with Gasteiger partial charge in [-0.15, -0.1) is 11.8 Å². The first-order valence-electron chi connectivity index (χ1n) is 6.88. The van der Waals surface area contributed by atoms with Crippen molar-refractivity contribution >= 4 is 17.7 Å². The normalized spacial score (nSPS) is 16.4. The first kappa shape index (κ1) is 15.3. The Morgan fingerprint density at radius 1 is 1.40 bits per heavy atom. The molecule has 0 aromatic heterocycles. The van der Waals surface area contributed by atoms with E-state index in [0.717, 1.165) is 25.9 Å². The molecule has 110 valence electrons. The van der Waals surface area contributed by atoms with Crippen LogP contribution in [0.25, 0.3) is 0 Å². The summed E-state index contributed by atoms with van der Waals surface area (Å²) in [5, 5.41) is 0. The third kappa shape index (κ3) is 4.21. The second kappa shape index (κ2) is 7.64. The first-order valence-corrected chi connectivity index (χ1v) is 7.87. The molecule has 0 unspecified atom stereocenters. The van der Waals surface area contributed by atoms with Gasteiger partial charge in [-0.1, -0.05) is 12.1 Å². The molecule has 0 atom stereocenters. The van der Waals surface area contributed by atoms with Gasteiger partial charge in [0, 0.05) is 37.3 Å². The molecule has 0 bridgehead atoms. The maximum absolute atomic E-state index is 13.4. The van der Waals surface area contributed by atoms with Gasteiger partial charge in [0.25, 0.3) is 0 Å². The lowest BCUT2D eigenvalue weighted by atomic mass is 10.1. The van der Waals surface area contributed by atoms with Crippen molar-refractivity contribution in [1.82, 2.24) is 4.90 Å². The van der Waals surface area contributed by atoms with Crippen LogP contribution in [-0.2, 0) is 9.53 Å². The Hall–Kier alpha value is -1.07. The highest BCUT2D eigenvalue weighted by molar-refractivity contribution is 7.99. The van der Waals surface area contributed by atoms with Gasteiger partial charge < -0.3 is 9.64 Å². The summed E-state index contributed by atoms with van der Waals surface area (Å²) < 4.78 is 18.7. The number of carbonyl (C=O) groups excluding carboxylic acids is 1. The van der Waals surface area contributed by atoms with Crippen molar-refractivity contribution in [2.75, 3.05) is 26.0 Å². The molecule has 0 N–H and O–H groups in total. The van der Waals surface area contributed by atoms with E-state index in [0.29, 0.717) is 17.1 Å². The van der Waals surface area contributed by atoms with Crippen LogP contribution < -0.4 is 0 Å². The summed E-state index contributed by atoms with van der Waals surface area (Å²) in [6.07, 6.45) is 2.55. The van der Waals surface area contributed by atoms with Gasteiger partial charge in [0.1, 0.15) is 5.82 Å². The molecule has 1 fully saturated rings. The van der Waals surface area contributed by atoms with E-state index >= 15 is 0 Å². The molecule has 3 nitrogen and oxygen atoms in total. The topological polar surface area (TPSA) is 29.5 Å². The van der Waals surface area contributed by atoms with Gasteiger partial charge in [-0.2, -0.15) is 0 Å². The van der Waals surface area contributed by atoms with E-state index < -0.39 is 0 Å². The monoisotopic (exact) mass is 297 g/mol. The maximum atomic E-state index is 13.4. The number of amides is 1. The molecule has 1 heterocycles. The second-order valence-electron chi connectivity index (χ2n) is 4.84. The molecule has 1 saturated heterocycles. The van der Waals surface area contributed by atoms with Crippen molar-refractivity contribution < 1.29 is 13.9 Å². The smallest absolute Gasteiger partial charge is 0.223 e. The number of piperidine rings is 1. The Morgan fingerprint density at radius 3 is 2.75 bits per heavy atom. The van der Waals surface area contributed by atoms with Crippen molar-refractivity contribution in [3.63, 3.8) is 0 Å². The molecule has 1 aromatic rings. The minimum absolute atomic E-state index is 0.156. The number of rotatable bonds is 5. The summed E-state index contributed by atoms with van der Waals surface area (Å²) in [5.74, 6) is 0.554. The van der Waals surface area contributed by atoms with Crippen LogP contribution in [0.1, 0.15) is 19.3 Å². The number of thioether (sulfide) groups is 1. The zero-order valence-electron chi connectivity index (χ0n) is 11.7. The van der Waals surface area contributed by atoms with Gasteiger partial charge in [0.2, 0.25) is 5.91 Å². The number of methoxy groups -OCH3 is 1. The van der Waals surface area contributed by atoms with Gasteiger partial charge in [-0.3, -0.25) is 4.79 Å². The molecule has 5 heteroatoms. The predicted octanol–water partition coefficient (Wildman–Crippen LogP) is 2.95. The van der Waals surface area contributed by atoms with Crippen molar-refractivity contribution in [3.8, 4) is 0 Å². The maximum Gasteiger partial charge on any atom is 0.223 e. The standard InChI is InChI=1S/C15H20FNO2S/c1-19-12-6-9-17(10-7-12)15(18)8-11-20-14-5-3-2-4-13(14)16/h2-5,12H,6-11H2,1H3. The Kier molecular flexibility index (Phi) is 5.86. The van der Waals surface area contributed by atoms with E-state index in [2.05, 4.69) is 0 Å². The molecule has 1 amide bonds. The van der Waals surface area contributed by atoms with Crippen molar-refractivity contribution in [3.05, 3.63) is 30.1 Å². The van der Waals surface area contributed by atoms with Crippen LogP contribution in [0.4, 0.5) is 4.39 Å². The summed E-state index contributed by atoms with van der Waals surface area (Å²) in [6, 6.07) is 6.67. The molecule has 1 aliphatic rings. The van der Waals surface area contributed by atoms with Crippen LogP contribution in [-0.4, -0.2) is 42.9 Å². The highest BCUT2D eigenvalue weighted by Crippen LogP contribution is 2.22. The van der Waals surface area contributed by atoms with Gasteiger partial charge in [0.15, 0.2) is 0 Å². The van der Waals surface area contributed by atoms with Gasteiger partial charge in [0.05, 0.1) is 6.10 Å². The first-order chi connectivity index (χ1) is 9.70. The molecule has 0 spiro atoms. The van der Waals surface area contributed by atoms with E-state index in [-0.39, 0.29) is 17.8 Å². The second-order valence-corrected chi connectivity index (χ2v) is 5.98. The molecule has 1 aromatic carbocycles. The zero-order valence-corrected chi connectivity index (χ0v) is 12.5. The van der Waals surface area contributed by atoms with E-state index in [4.69, 9.17) is 4.74 Å². The third-order valence-corrected chi connectivity index (χ3v) is 4.59. The molecule has 20 heavy (non-hydrogen) atoms. The van der Waals surface area contributed by atoms with Gasteiger partial charge >= 0.3 is 0 Å². The van der Waals surface area contributed by atoms with Crippen LogP contribution >= 0.6 is 11.8 Å². The van der Waals surface area contributed by atoms with E-state index in [1.807, 2.05) is 11.0 Å². The third-order valence-electron chi connectivity index (χ3n) is 3.54. The lowest BCUT2D eigenvalue weighted by molar-refractivity contribution is -0.133. The fraction of sp³-hybridized carbons (Fsp3) is 0.533. The van der Waals surface area contributed by atoms with Crippen LogP contribution in [0, 0.1) is 5.82 Å². The average molecular weight is 297 g/mol. The quantitative estimate of drug-likeness (QED) is 0.783.